The van der Waals surface area contributed by atoms with Crippen LogP contribution < -0.4 is 4.90 Å². The zero-order chi connectivity index (χ0) is 13.6. The van der Waals surface area contributed by atoms with Crippen LogP contribution in [-0.4, -0.2) is 28.6 Å². The monoisotopic (exact) mass is 251 g/mol. The molecular formula is C9H5N3O6. The van der Waals surface area contributed by atoms with Crippen LogP contribution in [0.1, 0.15) is 10.4 Å². The number of nitro groups is 2. The standard InChI is InChI=1S/C9H5N3O6/c1-10-7-5(8(13)9(10)14)2-4(11(15)16)3-6(7)12(17)18/h2-3H,1H3. The van der Waals surface area contributed by atoms with Crippen molar-refractivity contribution < 1.29 is 19.4 Å². The fraction of sp³-hybridized carbons (Fsp3) is 0.111. The van der Waals surface area contributed by atoms with Crippen molar-refractivity contribution in [2.75, 3.05) is 11.9 Å². The zero-order valence-corrected chi connectivity index (χ0v) is 8.95. The normalized spacial score (nSPS) is 13.7. The molecule has 0 aromatic heterocycles. The van der Waals surface area contributed by atoms with Crippen molar-refractivity contribution in [3.63, 3.8) is 0 Å². The van der Waals surface area contributed by atoms with E-state index in [9.17, 15) is 29.8 Å². The maximum atomic E-state index is 11.5. The molecule has 1 aliphatic heterocycles. The molecule has 0 N–H and O–H groups in total. The van der Waals surface area contributed by atoms with E-state index in [1.54, 1.807) is 0 Å². The van der Waals surface area contributed by atoms with Gasteiger partial charge in [-0.1, -0.05) is 0 Å². The molecule has 1 amide bonds. The summed E-state index contributed by atoms with van der Waals surface area (Å²) in [5.74, 6) is -1.94. The number of rotatable bonds is 2. The topological polar surface area (TPSA) is 124 Å². The van der Waals surface area contributed by atoms with Crippen LogP contribution in [-0.2, 0) is 4.79 Å². The summed E-state index contributed by atoms with van der Waals surface area (Å²) in [6.45, 7) is 0. The predicted octanol–water partition coefficient (Wildman–Crippen LogP) is 0.662. The number of fused-ring (bicyclic) bond motifs is 1. The first kappa shape index (κ1) is 11.6. The summed E-state index contributed by atoms with van der Waals surface area (Å²) in [4.78, 5) is 43.5. The lowest BCUT2D eigenvalue weighted by atomic mass is 10.1. The Bertz CT molecular complexity index is 623. The van der Waals surface area contributed by atoms with E-state index in [1.807, 2.05) is 0 Å². The largest absolute Gasteiger partial charge is 0.302 e. The van der Waals surface area contributed by atoms with Gasteiger partial charge in [-0.05, 0) is 0 Å². The van der Waals surface area contributed by atoms with Crippen molar-refractivity contribution in [1.82, 2.24) is 0 Å². The van der Waals surface area contributed by atoms with Gasteiger partial charge < -0.3 is 4.90 Å². The van der Waals surface area contributed by atoms with Crippen molar-refractivity contribution >= 4 is 28.8 Å². The van der Waals surface area contributed by atoms with E-state index in [4.69, 9.17) is 0 Å². The molecule has 0 saturated carbocycles. The number of non-ortho nitro benzene ring substituents is 1. The summed E-state index contributed by atoms with van der Waals surface area (Å²) in [6.07, 6.45) is 0. The van der Waals surface area contributed by atoms with Crippen LogP contribution in [0.15, 0.2) is 12.1 Å². The Labute approximate surface area is 98.9 Å². The summed E-state index contributed by atoms with van der Waals surface area (Å²) < 4.78 is 0. The first-order chi connectivity index (χ1) is 8.34. The average Bonchev–Trinajstić information content (AvgIpc) is 2.53. The van der Waals surface area contributed by atoms with Crippen LogP contribution in [0, 0.1) is 20.2 Å². The average molecular weight is 251 g/mol. The van der Waals surface area contributed by atoms with E-state index in [-0.39, 0.29) is 11.3 Å². The molecule has 18 heavy (non-hydrogen) atoms. The van der Waals surface area contributed by atoms with Crippen molar-refractivity contribution in [1.29, 1.82) is 0 Å². The molecule has 1 aromatic rings. The lowest BCUT2D eigenvalue weighted by molar-refractivity contribution is -0.393. The highest BCUT2D eigenvalue weighted by Crippen LogP contribution is 2.39. The molecule has 1 aromatic carbocycles. The molecule has 92 valence electrons. The Kier molecular flexibility index (Phi) is 2.32. The van der Waals surface area contributed by atoms with E-state index >= 15 is 0 Å². The molecule has 0 spiro atoms. The van der Waals surface area contributed by atoms with Gasteiger partial charge in [0, 0.05) is 13.1 Å². The number of carbonyl (C=O) groups excluding carboxylic acids is 2. The highest BCUT2D eigenvalue weighted by Gasteiger charge is 2.41. The van der Waals surface area contributed by atoms with Gasteiger partial charge in [0.1, 0.15) is 5.69 Å². The Balaban J connectivity index is 2.81. The van der Waals surface area contributed by atoms with E-state index in [0.717, 1.165) is 17.0 Å². The third-order valence-electron chi connectivity index (χ3n) is 2.56. The van der Waals surface area contributed by atoms with Gasteiger partial charge in [0.25, 0.3) is 17.4 Å². The molecule has 0 saturated heterocycles. The van der Waals surface area contributed by atoms with Gasteiger partial charge in [-0.2, -0.15) is 0 Å². The van der Waals surface area contributed by atoms with Gasteiger partial charge in [0.15, 0.2) is 0 Å². The fourth-order valence-corrected chi connectivity index (χ4v) is 1.74. The van der Waals surface area contributed by atoms with Gasteiger partial charge in [0.2, 0.25) is 0 Å². The minimum atomic E-state index is -0.987. The minimum absolute atomic E-state index is 0.208. The molecule has 0 atom stereocenters. The van der Waals surface area contributed by atoms with E-state index < -0.39 is 32.9 Å². The number of likely N-dealkylation sites (N-methyl/N-ethyl adjacent to an activating group) is 1. The number of anilines is 1. The van der Waals surface area contributed by atoms with Crippen LogP contribution in [0.5, 0.6) is 0 Å². The lowest BCUT2D eigenvalue weighted by Gasteiger charge is -2.08. The third kappa shape index (κ3) is 1.41. The highest BCUT2D eigenvalue weighted by atomic mass is 16.6. The number of amides is 1. The van der Waals surface area contributed by atoms with Gasteiger partial charge in [0.05, 0.1) is 21.5 Å². The summed E-state index contributed by atoms with van der Waals surface area (Å²) in [5, 5.41) is 21.4. The first-order valence-corrected chi connectivity index (χ1v) is 4.63. The second-order valence-corrected chi connectivity index (χ2v) is 3.57. The van der Waals surface area contributed by atoms with Crippen LogP contribution in [0.4, 0.5) is 17.1 Å². The molecule has 1 aliphatic rings. The van der Waals surface area contributed by atoms with Gasteiger partial charge >= 0.3 is 5.69 Å². The summed E-state index contributed by atoms with van der Waals surface area (Å²) in [7, 11) is 1.20. The van der Waals surface area contributed by atoms with Gasteiger partial charge in [-0.3, -0.25) is 29.8 Å². The van der Waals surface area contributed by atoms with Crippen LogP contribution in [0.2, 0.25) is 0 Å². The molecule has 0 radical (unpaired) electrons. The quantitative estimate of drug-likeness (QED) is 0.432. The van der Waals surface area contributed by atoms with Crippen molar-refractivity contribution in [3.8, 4) is 0 Å². The number of ketones is 1. The SMILES string of the molecule is CN1C(=O)C(=O)c2cc([N+](=O)[O-])cc([N+](=O)[O-])c21. The van der Waals surface area contributed by atoms with Gasteiger partial charge in [-0.15, -0.1) is 0 Å². The maximum absolute atomic E-state index is 11.5. The lowest BCUT2D eigenvalue weighted by Crippen LogP contribution is -2.25. The molecule has 2 rings (SSSR count). The molecule has 9 nitrogen and oxygen atoms in total. The van der Waals surface area contributed by atoms with Crippen LogP contribution in [0.3, 0.4) is 0 Å². The van der Waals surface area contributed by atoms with E-state index in [1.165, 1.54) is 7.05 Å². The number of nitro benzene ring substituents is 2. The Morgan fingerprint density at radius 1 is 1.11 bits per heavy atom. The number of hydrogen-bond donors (Lipinski definition) is 0. The van der Waals surface area contributed by atoms with Crippen LogP contribution >= 0.6 is 0 Å². The number of nitrogens with zero attached hydrogens (tertiary/aromatic N) is 3. The molecule has 1 heterocycles. The predicted molar refractivity (Wildman–Crippen MR) is 57.5 cm³/mol. The number of hydrogen-bond acceptors (Lipinski definition) is 6. The Morgan fingerprint density at radius 2 is 1.72 bits per heavy atom. The number of Topliss-reactive ketones (excluding diaryl/α,β-unsaturated/α-hetero) is 1. The van der Waals surface area contributed by atoms with E-state index in [0.29, 0.717) is 0 Å². The highest BCUT2D eigenvalue weighted by molar-refractivity contribution is 6.52. The molecule has 0 bridgehead atoms. The summed E-state index contributed by atoms with van der Waals surface area (Å²) >= 11 is 0. The number of benzene rings is 1. The summed E-state index contributed by atoms with van der Waals surface area (Å²) in [6, 6.07) is 1.59. The second kappa shape index (κ2) is 3.58. The maximum Gasteiger partial charge on any atom is 0.300 e. The fourth-order valence-electron chi connectivity index (χ4n) is 1.74. The van der Waals surface area contributed by atoms with Gasteiger partial charge in [-0.25, -0.2) is 0 Å². The van der Waals surface area contributed by atoms with Crippen molar-refractivity contribution in [2.45, 2.75) is 0 Å². The molecule has 9 heteroatoms. The molecular weight excluding hydrogens is 246 g/mol. The van der Waals surface area contributed by atoms with Crippen molar-refractivity contribution in [3.05, 3.63) is 37.9 Å². The Hall–Kier alpha value is -2.84. The van der Waals surface area contributed by atoms with E-state index in [2.05, 4.69) is 0 Å². The van der Waals surface area contributed by atoms with Crippen molar-refractivity contribution in [2.24, 2.45) is 0 Å². The molecule has 0 aliphatic carbocycles. The Morgan fingerprint density at radius 3 is 2.22 bits per heavy atom. The second-order valence-electron chi connectivity index (χ2n) is 3.57. The number of carbonyl (C=O) groups is 2. The third-order valence-corrected chi connectivity index (χ3v) is 2.56. The first-order valence-electron chi connectivity index (χ1n) is 4.63. The smallest absolute Gasteiger partial charge is 0.300 e. The zero-order valence-electron chi connectivity index (χ0n) is 8.95. The minimum Gasteiger partial charge on any atom is -0.302 e. The summed E-state index contributed by atoms with van der Waals surface area (Å²) in [5.41, 5.74) is -1.76. The molecule has 0 fully saturated rings. The van der Waals surface area contributed by atoms with Crippen LogP contribution in [0.25, 0.3) is 0 Å². The molecule has 0 unspecified atom stereocenters.